The number of rotatable bonds is 7. The number of urea groups is 1. The maximum atomic E-state index is 13.0. The van der Waals surface area contributed by atoms with Gasteiger partial charge in [0.15, 0.2) is 0 Å². The number of piperazine rings is 1. The Morgan fingerprint density at radius 2 is 1.47 bits per heavy atom. The highest BCUT2D eigenvalue weighted by Crippen LogP contribution is 2.19. The van der Waals surface area contributed by atoms with E-state index in [1.54, 1.807) is 0 Å². The molecule has 1 fully saturated rings. The van der Waals surface area contributed by atoms with Crippen LogP contribution >= 0.6 is 0 Å². The van der Waals surface area contributed by atoms with Crippen molar-refractivity contribution in [2.24, 2.45) is 11.7 Å². The van der Waals surface area contributed by atoms with Gasteiger partial charge in [-0.2, -0.15) is 0 Å². The van der Waals surface area contributed by atoms with Crippen LogP contribution in [0.15, 0.2) is 60.7 Å². The van der Waals surface area contributed by atoms with Crippen LogP contribution in [0, 0.1) is 5.92 Å². The summed E-state index contributed by atoms with van der Waals surface area (Å²) in [7, 11) is 0. The van der Waals surface area contributed by atoms with Gasteiger partial charge in [0.25, 0.3) is 0 Å². The molecule has 30 heavy (non-hydrogen) atoms. The Labute approximate surface area is 179 Å². The number of amides is 3. The molecule has 0 bridgehead atoms. The predicted molar refractivity (Wildman–Crippen MR) is 118 cm³/mol. The summed E-state index contributed by atoms with van der Waals surface area (Å²) in [6.07, 6.45) is 0.589. The van der Waals surface area contributed by atoms with E-state index in [0.717, 1.165) is 13.1 Å². The second-order valence-corrected chi connectivity index (χ2v) is 8.43. The molecule has 0 saturated carbocycles. The second-order valence-electron chi connectivity index (χ2n) is 8.43. The quantitative estimate of drug-likeness (QED) is 0.649. The van der Waals surface area contributed by atoms with Crippen LogP contribution in [0.1, 0.15) is 37.4 Å². The highest BCUT2D eigenvalue weighted by molar-refractivity contribution is 5.86. The number of hydrogen-bond acceptors (Lipinski definition) is 2. The summed E-state index contributed by atoms with van der Waals surface area (Å²) in [5, 5.41) is 2.63. The first-order valence-corrected chi connectivity index (χ1v) is 10.7. The number of nitrogens with zero attached hydrogens (tertiary/aromatic N) is 1. The molecule has 1 aliphatic rings. The van der Waals surface area contributed by atoms with E-state index in [9.17, 15) is 9.59 Å². The van der Waals surface area contributed by atoms with Gasteiger partial charge in [-0.05, 0) is 12.3 Å². The number of quaternary nitrogens is 1. The van der Waals surface area contributed by atoms with Crippen LogP contribution in [0.2, 0.25) is 0 Å². The largest absolute Gasteiger partial charge is 0.352 e. The lowest BCUT2D eigenvalue weighted by Gasteiger charge is -2.38. The number of benzene rings is 2. The monoisotopic (exact) mass is 409 g/mol. The number of primary amides is 1. The third kappa shape index (κ3) is 5.60. The highest BCUT2D eigenvalue weighted by Gasteiger charge is 2.34. The third-order valence-electron chi connectivity index (χ3n) is 5.71. The minimum atomic E-state index is -0.647. The first kappa shape index (κ1) is 21.8. The van der Waals surface area contributed by atoms with E-state index in [0.29, 0.717) is 25.4 Å². The molecule has 6 heteroatoms. The number of nitrogens with two attached hydrogens (primary N) is 1. The zero-order valence-corrected chi connectivity index (χ0v) is 17.9. The molecule has 1 saturated heterocycles. The van der Waals surface area contributed by atoms with E-state index in [4.69, 9.17) is 5.73 Å². The third-order valence-corrected chi connectivity index (χ3v) is 5.71. The fourth-order valence-electron chi connectivity index (χ4n) is 4.34. The Morgan fingerprint density at radius 3 is 1.90 bits per heavy atom. The molecule has 0 aromatic heterocycles. The normalized spacial score (nSPS) is 15.9. The van der Waals surface area contributed by atoms with Gasteiger partial charge in [0.2, 0.25) is 5.91 Å². The molecule has 0 unspecified atom stereocenters. The average molecular weight is 410 g/mol. The summed E-state index contributed by atoms with van der Waals surface area (Å²) in [4.78, 5) is 27.7. The maximum Gasteiger partial charge on any atom is 0.312 e. The number of carbonyl (C=O) groups is 2. The van der Waals surface area contributed by atoms with Gasteiger partial charge in [-0.1, -0.05) is 74.5 Å². The number of hydrogen-bond donors (Lipinski definition) is 3. The molecule has 2 aromatic rings. The van der Waals surface area contributed by atoms with Gasteiger partial charge in [-0.25, -0.2) is 4.79 Å². The summed E-state index contributed by atoms with van der Waals surface area (Å²) in [6, 6.07) is 20.1. The Hall–Kier alpha value is -2.86. The standard InChI is InChI=1S/C24H32N4O2/c1-18(2)17-21(26-24(25)30)23(29)28-15-13-27(14-16-28)22(19-9-5-3-6-10-19)20-11-7-4-8-12-20/h3-12,18,21-22H,13-17H2,1-2H3,(H3,25,26,30)/p+1/t21-/m1/s1. The molecule has 160 valence electrons. The summed E-state index contributed by atoms with van der Waals surface area (Å²) in [6.45, 7) is 7.11. The zero-order chi connectivity index (χ0) is 21.5. The van der Waals surface area contributed by atoms with Crippen molar-refractivity contribution in [3.63, 3.8) is 0 Å². The van der Waals surface area contributed by atoms with E-state index in [2.05, 4.69) is 53.8 Å². The van der Waals surface area contributed by atoms with Crippen molar-refractivity contribution in [2.45, 2.75) is 32.4 Å². The van der Waals surface area contributed by atoms with Gasteiger partial charge in [0.05, 0.1) is 26.2 Å². The second kappa shape index (κ2) is 10.3. The zero-order valence-electron chi connectivity index (χ0n) is 17.9. The van der Waals surface area contributed by atoms with E-state index < -0.39 is 12.1 Å². The lowest BCUT2D eigenvalue weighted by molar-refractivity contribution is -0.929. The molecular formula is C24H33N4O2+. The van der Waals surface area contributed by atoms with Gasteiger partial charge in [-0.3, -0.25) is 4.79 Å². The van der Waals surface area contributed by atoms with Crippen LogP contribution in [-0.2, 0) is 4.79 Å². The molecule has 0 aliphatic carbocycles. The van der Waals surface area contributed by atoms with Crippen LogP contribution in [0.4, 0.5) is 4.79 Å². The van der Waals surface area contributed by atoms with Crippen LogP contribution in [0.3, 0.4) is 0 Å². The van der Waals surface area contributed by atoms with Gasteiger partial charge in [0.1, 0.15) is 12.1 Å². The average Bonchev–Trinajstić information content (AvgIpc) is 2.74. The summed E-state index contributed by atoms with van der Waals surface area (Å²) >= 11 is 0. The number of nitrogens with one attached hydrogen (secondary N) is 2. The molecule has 1 heterocycles. The minimum Gasteiger partial charge on any atom is -0.352 e. The first-order valence-electron chi connectivity index (χ1n) is 10.7. The van der Waals surface area contributed by atoms with E-state index in [1.807, 2.05) is 30.9 Å². The molecule has 6 nitrogen and oxygen atoms in total. The van der Waals surface area contributed by atoms with Crippen molar-refractivity contribution in [3.05, 3.63) is 71.8 Å². The molecule has 1 aliphatic heterocycles. The Balaban J connectivity index is 1.72. The van der Waals surface area contributed by atoms with Crippen LogP contribution in [-0.4, -0.2) is 49.1 Å². The fraction of sp³-hybridized carbons (Fsp3) is 0.417. The molecule has 4 N–H and O–H groups in total. The van der Waals surface area contributed by atoms with Crippen LogP contribution < -0.4 is 16.0 Å². The molecule has 2 aromatic carbocycles. The summed E-state index contributed by atoms with van der Waals surface area (Å²) in [5.74, 6) is 0.260. The maximum absolute atomic E-state index is 13.0. The fourth-order valence-corrected chi connectivity index (χ4v) is 4.34. The smallest absolute Gasteiger partial charge is 0.312 e. The van der Waals surface area contributed by atoms with Crippen molar-refractivity contribution in [1.82, 2.24) is 10.2 Å². The lowest BCUT2D eigenvalue weighted by Crippen LogP contribution is -3.15. The Bertz CT molecular complexity index is 778. The van der Waals surface area contributed by atoms with E-state index in [1.165, 1.54) is 16.0 Å². The van der Waals surface area contributed by atoms with Crippen molar-refractivity contribution in [2.75, 3.05) is 26.2 Å². The van der Waals surface area contributed by atoms with Crippen molar-refractivity contribution >= 4 is 11.9 Å². The van der Waals surface area contributed by atoms with Crippen molar-refractivity contribution < 1.29 is 14.5 Å². The van der Waals surface area contributed by atoms with Crippen molar-refractivity contribution in [3.8, 4) is 0 Å². The van der Waals surface area contributed by atoms with Crippen molar-refractivity contribution in [1.29, 1.82) is 0 Å². The van der Waals surface area contributed by atoms with Crippen LogP contribution in [0.25, 0.3) is 0 Å². The van der Waals surface area contributed by atoms with Gasteiger partial charge < -0.3 is 20.9 Å². The topological polar surface area (TPSA) is 79.9 Å². The molecule has 3 amide bonds. The van der Waals surface area contributed by atoms with Gasteiger partial charge in [0, 0.05) is 11.1 Å². The highest BCUT2D eigenvalue weighted by atomic mass is 16.2. The summed E-state index contributed by atoms with van der Waals surface area (Å²) < 4.78 is 0. The SMILES string of the molecule is CC(C)C[C@@H](NC(N)=O)C(=O)N1CC[NH+](C(c2ccccc2)c2ccccc2)CC1. The molecular weight excluding hydrogens is 376 g/mol. The minimum absolute atomic E-state index is 0.0301. The summed E-state index contributed by atoms with van der Waals surface area (Å²) in [5.41, 5.74) is 7.87. The Kier molecular flexibility index (Phi) is 7.46. The molecule has 1 atom stereocenters. The van der Waals surface area contributed by atoms with E-state index in [-0.39, 0.29) is 11.9 Å². The predicted octanol–water partition coefficient (Wildman–Crippen LogP) is 1.59. The molecule has 0 radical (unpaired) electrons. The van der Waals surface area contributed by atoms with Crippen LogP contribution in [0.5, 0.6) is 0 Å². The molecule has 3 rings (SSSR count). The Morgan fingerprint density at radius 1 is 0.967 bits per heavy atom. The van der Waals surface area contributed by atoms with E-state index >= 15 is 0 Å². The molecule has 0 spiro atoms. The first-order chi connectivity index (χ1) is 14.5. The lowest BCUT2D eigenvalue weighted by atomic mass is 9.96. The van der Waals surface area contributed by atoms with Gasteiger partial charge in [-0.15, -0.1) is 0 Å². The number of carbonyl (C=O) groups excluding carboxylic acids is 2. The van der Waals surface area contributed by atoms with Gasteiger partial charge >= 0.3 is 6.03 Å².